The monoisotopic (exact) mass is 386 g/mol. The number of hydrogen-bond acceptors (Lipinski definition) is 5. The molecule has 2 aromatic heterocycles. The number of aryl methyl sites for hydroxylation is 2. The van der Waals surface area contributed by atoms with Crippen LogP contribution < -0.4 is 5.32 Å². The Morgan fingerprint density at radius 3 is 2.44 bits per heavy atom. The maximum absolute atomic E-state index is 13.1. The zero-order valence-electron chi connectivity index (χ0n) is 16.1. The molecule has 0 atom stereocenters. The molecule has 144 valence electrons. The lowest BCUT2D eigenvalue weighted by Crippen LogP contribution is -2.11. The van der Waals surface area contributed by atoms with Crippen molar-refractivity contribution in [3.63, 3.8) is 0 Å². The predicted octanol–water partition coefficient (Wildman–Crippen LogP) is 3.90. The summed E-state index contributed by atoms with van der Waals surface area (Å²) in [7, 11) is -2.02. The Balaban J connectivity index is 0.000000659. The fraction of sp³-hybridized carbons (Fsp3) is 0.400. The Morgan fingerprint density at radius 2 is 1.78 bits per heavy atom. The number of sulfone groups is 1. The first kappa shape index (κ1) is 19.4. The standard InChI is InChI=1S/C17H18N4O2S.C3H8/c1-18-16-15(24(22,23)13-8-3-2-4-9-13)17-19-11-12-7-5-6-10-14(12)21(17)20-16;1-3-2/h2-4,8-9,11H,5-7,10H2,1H3,(H,18,20);3H2,1-2H3. The van der Waals surface area contributed by atoms with Gasteiger partial charge in [0.15, 0.2) is 16.4 Å². The SMILES string of the molecule is CCC.CNc1nn2c3c(cnc2c1S(=O)(=O)c1ccccc1)CCCC3. The number of nitrogens with one attached hydrogen (secondary N) is 1. The molecule has 0 saturated carbocycles. The van der Waals surface area contributed by atoms with Crippen LogP contribution in [0, 0.1) is 0 Å². The molecule has 1 aliphatic rings. The van der Waals surface area contributed by atoms with Crippen LogP contribution in [0.15, 0.2) is 46.3 Å². The lowest BCUT2D eigenvalue weighted by Gasteiger charge is -2.15. The Morgan fingerprint density at radius 1 is 1.11 bits per heavy atom. The summed E-state index contributed by atoms with van der Waals surface area (Å²) in [5, 5.41) is 7.42. The van der Waals surface area contributed by atoms with Crippen molar-refractivity contribution in [1.29, 1.82) is 0 Å². The molecule has 0 unspecified atom stereocenters. The molecule has 0 spiro atoms. The van der Waals surface area contributed by atoms with Gasteiger partial charge < -0.3 is 5.32 Å². The summed E-state index contributed by atoms with van der Waals surface area (Å²) in [4.78, 5) is 4.83. The number of anilines is 1. The molecule has 0 bridgehead atoms. The van der Waals surface area contributed by atoms with Gasteiger partial charge in [-0.25, -0.2) is 17.9 Å². The van der Waals surface area contributed by atoms with Crippen molar-refractivity contribution < 1.29 is 8.42 Å². The van der Waals surface area contributed by atoms with Gasteiger partial charge in [0.2, 0.25) is 9.84 Å². The molecule has 2 heterocycles. The largest absolute Gasteiger partial charge is 0.370 e. The molecular weight excluding hydrogens is 360 g/mol. The van der Waals surface area contributed by atoms with Crippen molar-refractivity contribution in [1.82, 2.24) is 14.6 Å². The van der Waals surface area contributed by atoms with E-state index in [9.17, 15) is 8.42 Å². The van der Waals surface area contributed by atoms with Crippen LogP contribution in [-0.2, 0) is 22.7 Å². The van der Waals surface area contributed by atoms with E-state index in [4.69, 9.17) is 0 Å². The summed E-state index contributed by atoms with van der Waals surface area (Å²) in [6.45, 7) is 4.25. The maximum atomic E-state index is 13.1. The molecule has 0 fully saturated rings. The molecule has 0 aliphatic heterocycles. The minimum atomic E-state index is -3.70. The van der Waals surface area contributed by atoms with E-state index in [-0.39, 0.29) is 9.79 Å². The Kier molecular flexibility index (Phi) is 5.79. The highest BCUT2D eigenvalue weighted by Crippen LogP contribution is 2.32. The van der Waals surface area contributed by atoms with Crippen molar-refractivity contribution in [2.24, 2.45) is 0 Å². The molecule has 1 N–H and O–H groups in total. The second kappa shape index (κ2) is 8.08. The van der Waals surface area contributed by atoms with Gasteiger partial charge in [-0.3, -0.25) is 0 Å². The van der Waals surface area contributed by atoms with Gasteiger partial charge in [0, 0.05) is 18.9 Å². The fourth-order valence-corrected chi connectivity index (χ4v) is 4.79. The fourth-order valence-electron chi connectivity index (χ4n) is 3.26. The number of aromatic nitrogens is 3. The van der Waals surface area contributed by atoms with Crippen LogP contribution in [-0.4, -0.2) is 30.1 Å². The van der Waals surface area contributed by atoms with Gasteiger partial charge in [-0.05, 0) is 43.4 Å². The van der Waals surface area contributed by atoms with Gasteiger partial charge >= 0.3 is 0 Å². The van der Waals surface area contributed by atoms with Crippen LogP contribution in [0.25, 0.3) is 5.65 Å². The average Bonchev–Trinajstić information content (AvgIpc) is 3.09. The second-order valence-electron chi connectivity index (χ2n) is 6.62. The van der Waals surface area contributed by atoms with Crippen LogP contribution in [0.1, 0.15) is 44.4 Å². The van der Waals surface area contributed by atoms with Gasteiger partial charge in [0.05, 0.1) is 4.90 Å². The number of fused-ring (bicyclic) bond motifs is 3. The molecule has 27 heavy (non-hydrogen) atoms. The third-order valence-electron chi connectivity index (χ3n) is 4.46. The minimum Gasteiger partial charge on any atom is -0.370 e. The first-order valence-corrected chi connectivity index (χ1v) is 10.9. The van der Waals surface area contributed by atoms with Crippen molar-refractivity contribution in [2.75, 3.05) is 12.4 Å². The van der Waals surface area contributed by atoms with Crippen LogP contribution >= 0.6 is 0 Å². The zero-order valence-corrected chi connectivity index (χ0v) is 16.9. The zero-order chi connectivity index (χ0) is 19.4. The normalized spacial score (nSPS) is 13.6. The topological polar surface area (TPSA) is 76.4 Å². The quantitative estimate of drug-likeness (QED) is 0.739. The van der Waals surface area contributed by atoms with E-state index in [0.29, 0.717) is 11.5 Å². The highest BCUT2D eigenvalue weighted by Gasteiger charge is 2.29. The van der Waals surface area contributed by atoms with Crippen LogP contribution in [0.4, 0.5) is 5.82 Å². The summed E-state index contributed by atoms with van der Waals surface area (Å²) < 4.78 is 28.0. The van der Waals surface area contributed by atoms with E-state index in [1.807, 2.05) is 0 Å². The van der Waals surface area contributed by atoms with Crippen LogP contribution in [0.5, 0.6) is 0 Å². The number of hydrogen-bond donors (Lipinski definition) is 1. The number of rotatable bonds is 3. The van der Waals surface area contributed by atoms with Gasteiger partial charge in [-0.1, -0.05) is 38.5 Å². The smallest absolute Gasteiger partial charge is 0.214 e. The van der Waals surface area contributed by atoms with E-state index < -0.39 is 9.84 Å². The van der Waals surface area contributed by atoms with Gasteiger partial charge in [0.1, 0.15) is 0 Å². The molecule has 7 heteroatoms. The lowest BCUT2D eigenvalue weighted by molar-refractivity contribution is 0.597. The van der Waals surface area contributed by atoms with E-state index in [2.05, 4.69) is 29.2 Å². The van der Waals surface area contributed by atoms with Crippen molar-refractivity contribution in [3.8, 4) is 0 Å². The third kappa shape index (κ3) is 3.56. The number of nitrogens with zero attached hydrogens (tertiary/aromatic N) is 3. The second-order valence-corrected chi connectivity index (χ2v) is 8.51. The van der Waals surface area contributed by atoms with E-state index in [1.165, 1.54) is 6.42 Å². The summed E-state index contributed by atoms with van der Waals surface area (Å²) in [5.74, 6) is 0.338. The average molecular weight is 387 g/mol. The molecular formula is C20H26N4O2S. The van der Waals surface area contributed by atoms with Crippen molar-refractivity contribution in [2.45, 2.75) is 55.7 Å². The summed E-state index contributed by atoms with van der Waals surface area (Å²) in [5.41, 5.74) is 2.61. The first-order valence-electron chi connectivity index (χ1n) is 9.41. The van der Waals surface area contributed by atoms with Crippen molar-refractivity contribution >= 4 is 21.3 Å². The Bertz CT molecular complexity index is 1030. The molecule has 1 aromatic carbocycles. The van der Waals surface area contributed by atoms with Gasteiger partial charge in [-0.15, -0.1) is 5.10 Å². The van der Waals surface area contributed by atoms with E-state index >= 15 is 0 Å². The maximum Gasteiger partial charge on any atom is 0.214 e. The van der Waals surface area contributed by atoms with Crippen LogP contribution in [0.2, 0.25) is 0 Å². The molecule has 0 amide bonds. The highest BCUT2D eigenvalue weighted by molar-refractivity contribution is 7.91. The Labute approximate surface area is 160 Å². The molecule has 4 rings (SSSR count). The minimum absolute atomic E-state index is 0.143. The summed E-state index contributed by atoms with van der Waals surface area (Å²) in [6.07, 6.45) is 7.13. The first-order chi connectivity index (χ1) is 13.0. The molecule has 6 nitrogen and oxygen atoms in total. The summed E-state index contributed by atoms with van der Waals surface area (Å²) >= 11 is 0. The molecule has 1 aliphatic carbocycles. The number of benzene rings is 1. The highest BCUT2D eigenvalue weighted by atomic mass is 32.2. The van der Waals surface area contributed by atoms with Gasteiger partial charge in [0.25, 0.3) is 0 Å². The van der Waals surface area contributed by atoms with Crippen molar-refractivity contribution in [3.05, 3.63) is 47.8 Å². The van der Waals surface area contributed by atoms with Crippen LogP contribution in [0.3, 0.4) is 0 Å². The molecule has 0 radical (unpaired) electrons. The predicted molar refractivity (Wildman–Crippen MR) is 107 cm³/mol. The lowest BCUT2D eigenvalue weighted by atomic mass is 9.97. The Hall–Kier alpha value is -2.41. The molecule has 0 saturated heterocycles. The molecule has 3 aromatic rings. The van der Waals surface area contributed by atoms with E-state index in [1.54, 1.807) is 48.1 Å². The van der Waals surface area contributed by atoms with E-state index in [0.717, 1.165) is 36.9 Å². The summed E-state index contributed by atoms with van der Waals surface area (Å²) in [6, 6.07) is 8.41. The third-order valence-corrected chi connectivity index (χ3v) is 6.26. The van der Waals surface area contributed by atoms with Gasteiger partial charge in [-0.2, -0.15) is 0 Å².